The minimum absolute atomic E-state index is 0.0726. The summed E-state index contributed by atoms with van der Waals surface area (Å²) in [6.45, 7) is 2.09. The molecule has 0 fully saturated rings. The van der Waals surface area contributed by atoms with Gasteiger partial charge in [0.2, 0.25) is 11.8 Å². The Morgan fingerprint density at radius 2 is 1.81 bits per heavy atom. The highest BCUT2D eigenvalue weighted by Gasteiger charge is 2.34. The average molecular weight is 363 g/mol. The fourth-order valence-corrected chi connectivity index (χ4v) is 3.35. The van der Waals surface area contributed by atoms with Gasteiger partial charge in [0, 0.05) is 25.5 Å². The summed E-state index contributed by atoms with van der Waals surface area (Å²) in [6, 6.07) is 13.5. The first kappa shape index (κ1) is 17.0. The molecule has 1 atom stereocenters. The minimum atomic E-state index is -1.07. The van der Waals surface area contributed by atoms with Crippen LogP contribution in [0.2, 0.25) is 0 Å². The second-order valence-corrected chi connectivity index (χ2v) is 6.47. The molecule has 7 heteroatoms. The van der Waals surface area contributed by atoms with Crippen molar-refractivity contribution in [3.05, 3.63) is 82.6 Å². The molecule has 7 nitrogen and oxygen atoms in total. The minimum Gasteiger partial charge on any atom is -0.478 e. The summed E-state index contributed by atoms with van der Waals surface area (Å²) in [5, 5.41) is 17.2. The van der Waals surface area contributed by atoms with Crippen molar-refractivity contribution in [1.29, 1.82) is 0 Å². The van der Waals surface area contributed by atoms with Gasteiger partial charge in [-0.25, -0.2) is 4.79 Å². The van der Waals surface area contributed by atoms with Gasteiger partial charge in [-0.2, -0.15) is 0 Å². The molecule has 2 heterocycles. The number of amides is 1. The summed E-state index contributed by atoms with van der Waals surface area (Å²) >= 11 is 0. The van der Waals surface area contributed by atoms with E-state index in [1.54, 1.807) is 24.0 Å². The maximum absolute atomic E-state index is 13.2. The number of carboxylic acids is 1. The average Bonchev–Trinajstić information content (AvgIpc) is 3.12. The number of benzene rings is 2. The number of carboxylic acid groups (broad SMARTS) is 1. The van der Waals surface area contributed by atoms with Crippen LogP contribution in [0, 0.1) is 6.92 Å². The number of aromatic nitrogens is 2. The SMILES string of the molecule is Cc1nnc(C2Cc3ccccc3CN2C(=O)c2cccc(C(=O)O)c2)o1. The van der Waals surface area contributed by atoms with Gasteiger partial charge in [-0.15, -0.1) is 10.2 Å². The van der Waals surface area contributed by atoms with Gasteiger partial charge in [-0.05, 0) is 29.3 Å². The first-order chi connectivity index (χ1) is 13.0. The van der Waals surface area contributed by atoms with Crippen molar-refractivity contribution in [1.82, 2.24) is 15.1 Å². The van der Waals surface area contributed by atoms with Crippen LogP contribution >= 0.6 is 0 Å². The number of nitrogens with zero attached hydrogens (tertiary/aromatic N) is 3. The van der Waals surface area contributed by atoms with Gasteiger partial charge in [0.05, 0.1) is 5.56 Å². The molecule has 1 amide bonds. The van der Waals surface area contributed by atoms with Crippen LogP contribution in [0.3, 0.4) is 0 Å². The maximum atomic E-state index is 13.2. The first-order valence-electron chi connectivity index (χ1n) is 8.54. The number of aromatic carboxylic acids is 1. The molecular formula is C20H17N3O4. The molecule has 0 bridgehead atoms. The van der Waals surface area contributed by atoms with Crippen molar-refractivity contribution in [2.75, 3.05) is 0 Å². The lowest BCUT2D eigenvalue weighted by Gasteiger charge is -2.35. The van der Waals surface area contributed by atoms with E-state index in [1.165, 1.54) is 12.1 Å². The largest absolute Gasteiger partial charge is 0.478 e. The molecule has 1 aliphatic heterocycles. The summed E-state index contributed by atoms with van der Waals surface area (Å²) in [4.78, 5) is 26.1. The second kappa shape index (κ2) is 6.68. The summed E-state index contributed by atoms with van der Waals surface area (Å²) in [6.07, 6.45) is 0.558. The van der Waals surface area contributed by atoms with Crippen molar-refractivity contribution >= 4 is 11.9 Å². The maximum Gasteiger partial charge on any atom is 0.335 e. The molecule has 27 heavy (non-hydrogen) atoms. The summed E-state index contributed by atoms with van der Waals surface area (Å²) in [5.74, 6) is -0.528. The highest BCUT2D eigenvalue weighted by molar-refractivity contribution is 5.97. The summed E-state index contributed by atoms with van der Waals surface area (Å²) in [5.41, 5.74) is 2.56. The van der Waals surface area contributed by atoms with Crippen LogP contribution in [0.15, 0.2) is 52.9 Å². The third kappa shape index (κ3) is 3.19. The Morgan fingerprint density at radius 3 is 2.52 bits per heavy atom. The summed E-state index contributed by atoms with van der Waals surface area (Å²) in [7, 11) is 0. The van der Waals surface area contributed by atoms with Crippen LogP contribution in [0.1, 0.15) is 49.7 Å². The van der Waals surface area contributed by atoms with Crippen molar-refractivity contribution < 1.29 is 19.1 Å². The van der Waals surface area contributed by atoms with E-state index in [4.69, 9.17) is 4.42 Å². The highest BCUT2D eigenvalue weighted by atomic mass is 16.4. The Morgan fingerprint density at radius 1 is 1.07 bits per heavy atom. The van der Waals surface area contributed by atoms with Crippen molar-refractivity contribution in [2.24, 2.45) is 0 Å². The highest BCUT2D eigenvalue weighted by Crippen LogP contribution is 2.33. The molecule has 3 aromatic rings. The van der Waals surface area contributed by atoms with E-state index in [-0.39, 0.29) is 11.5 Å². The van der Waals surface area contributed by atoms with Crippen LogP contribution in [0.25, 0.3) is 0 Å². The van der Waals surface area contributed by atoms with Crippen molar-refractivity contribution in [2.45, 2.75) is 25.9 Å². The Balaban J connectivity index is 1.74. The van der Waals surface area contributed by atoms with Crippen molar-refractivity contribution in [3.8, 4) is 0 Å². The van der Waals surface area contributed by atoms with E-state index in [0.717, 1.165) is 11.1 Å². The molecule has 0 spiro atoms. The zero-order valence-electron chi connectivity index (χ0n) is 14.6. The van der Waals surface area contributed by atoms with Gasteiger partial charge >= 0.3 is 5.97 Å². The molecule has 1 aromatic heterocycles. The monoisotopic (exact) mass is 363 g/mol. The number of carbonyl (C=O) groups excluding carboxylic acids is 1. The lowest BCUT2D eigenvalue weighted by Crippen LogP contribution is -2.39. The first-order valence-corrected chi connectivity index (χ1v) is 8.54. The van der Waals surface area contributed by atoms with Crippen LogP contribution in [-0.2, 0) is 13.0 Å². The molecule has 2 aromatic carbocycles. The molecule has 1 unspecified atom stereocenters. The van der Waals surface area contributed by atoms with Gasteiger partial charge in [-0.1, -0.05) is 30.3 Å². The molecule has 0 saturated heterocycles. The quantitative estimate of drug-likeness (QED) is 0.768. The summed E-state index contributed by atoms with van der Waals surface area (Å²) < 4.78 is 5.61. The number of carbonyl (C=O) groups is 2. The van der Waals surface area contributed by atoms with Crippen molar-refractivity contribution in [3.63, 3.8) is 0 Å². The van der Waals surface area contributed by atoms with Gasteiger partial charge in [0.1, 0.15) is 6.04 Å². The van der Waals surface area contributed by atoms with E-state index >= 15 is 0 Å². The zero-order valence-corrected chi connectivity index (χ0v) is 14.6. The van der Waals surface area contributed by atoms with E-state index in [2.05, 4.69) is 10.2 Å². The Hall–Kier alpha value is -3.48. The fourth-order valence-electron chi connectivity index (χ4n) is 3.35. The molecule has 0 aliphatic carbocycles. The molecule has 0 saturated carbocycles. The van der Waals surface area contributed by atoms with Gasteiger partial charge in [-0.3, -0.25) is 4.79 Å². The zero-order chi connectivity index (χ0) is 19.0. The van der Waals surface area contributed by atoms with Gasteiger partial charge in [0.15, 0.2) is 0 Å². The number of hydrogen-bond acceptors (Lipinski definition) is 5. The van der Waals surface area contributed by atoms with Gasteiger partial charge < -0.3 is 14.4 Å². The Bertz CT molecular complexity index is 1030. The number of rotatable bonds is 3. The van der Waals surface area contributed by atoms with Crippen LogP contribution in [0.5, 0.6) is 0 Å². The number of aryl methyl sites for hydroxylation is 1. The predicted molar refractivity (Wildman–Crippen MR) is 95.2 cm³/mol. The third-order valence-corrected chi connectivity index (χ3v) is 4.69. The Labute approximate surface area is 155 Å². The normalized spacial score (nSPS) is 16.0. The lowest BCUT2D eigenvalue weighted by atomic mass is 9.93. The third-order valence-electron chi connectivity index (χ3n) is 4.69. The lowest BCUT2D eigenvalue weighted by molar-refractivity contribution is 0.0602. The number of fused-ring (bicyclic) bond motifs is 1. The second-order valence-electron chi connectivity index (χ2n) is 6.47. The standard InChI is InChI=1S/C20H17N3O4/c1-12-21-22-18(27-12)17-10-13-5-2-3-6-16(13)11-23(17)19(24)14-7-4-8-15(9-14)20(25)26/h2-9,17H,10-11H2,1H3,(H,25,26). The molecule has 0 radical (unpaired) electrons. The smallest absolute Gasteiger partial charge is 0.335 e. The number of hydrogen-bond donors (Lipinski definition) is 1. The topological polar surface area (TPSA) is 96.5 Å². The van der Waals surface area contributed by atoms with E-state index < -0.39 is 12.0 Å². The Kier molecular flexibility index (Phi) is 4.19. The van der Waals surface area contributed by atoms with Crippen LogP contribution in [0.4, 0.5) is 0 Å². The van der Waals surface area contributed by atoms with E-state index in [9.17, 15) is 14.7 Å². The van der Waals surface area contributed by atoms with Gasteiger partial charge in [0.25, 0.3) is 5.91 Å². The van der Waals surface area contributed by atoms with Crippen LogP contribution < -0.4 is 0 Å². The molecule has 136 valence electrons. The fraction of sp³-hybridized carbons (Fsp3) is 0.200. The molecule has 1 aliphatic rings. The molecular weight excluding hydrogens is 346 g/mol. The molecule has 4 rings (SSSR count). The van der Waals surface area contributed by atoms with E-state index in [1.807, 2.05) is 24.3 Å². The van der Waals surface area contributed by atoms with E-state index in [0.29, 0.717) is 30.3 Å². The van der Waals surface area contributed by atoms with Crippen LogP contribution in [-0.4, -0.2) is 32.1 Å². The predicted octanol–water partition coefficient (Wildman–Crippen LogP) is 3.02. The molecule has 1 N–H and O–H groups in total.